The first kappa shape index (κ1) is 15.3. The lowest BCUT2D eigenvalue weighted by Crippen LogP contribution is -2.46. The van der Waals surface area contributed by atoms with Crippen molar-refractivity contribution in [2.24, 2.45) is 0 Å². The number of anilines is 1. The van der Waals surface area contributed by atoms with Crippen LogP contribution in [0.5, 0.6) is 0 Å². The normalized spacial score (nSPS) is 18.5. The van der Waals surface area contributed by atoms with Gasteiger partial charge in [-0.15, -0.1) is 0 Å². The summed E-state index contributed by atoms with van der Waals surface area (Å²) in [6, 6.07) is 16.9. The molecule has 1 aliphatic rings. The van der Waals surface area contributed by atoms with Crippen LogP contribution < -0.4 is 10.2 Å². The van der Waals surface area contributed by atoms with Gasteiger partial charge in [0.2, 0.25) is 0 Å². The maximum absolute atomic E-state index is 9.02. The summed E-state index contributed by atoms with van der Waals surface area (Å²) in [7, 11) is 0. The molecule has 1 fully saturated rings. The van der Waals surface area contributed by atoms with E-state index in [0.29, 0.717) is 12.5 Å². The Morgan fingerprint density at radius 2 is 1.82 bits per heavy atom. The summed E-state index contributed by atoms with van der Waals surface area (Å²) in [6.07, 6.45) is 0.711. The minimum Gasteiger partial charge on any atom is -0.396 e. The molecule has 0 bridgehead atoms. The number of nitrogens with zero attached hydrogens (tertiary/aromatic N) is 1. The smallest absolute Gasteiger partial charge is 0.0667 e. The second-order valence-corrected chi connectivity index (χ2v) is 6.04. The maximum Gasteiger partial charge on any atom is 0.0667 e. The number of aliphatic hydroxyl groups is 1. The molecule has 0 spiro atoms. The van der Waals surface area contributed by atoms with Crippen LogP contribution in [0.2, 0.25) is 5.02 Å². The number of halogens is 1. The predicted octanol–water partition coefficient (Wildman–Crippen LogP) is 3.03. The van der Waals surface area contributed by atoms with Crippen LogP contribution in [0, 0.1) is 0 Å². The van der Waals surface area contributed by atoms with Gasteiger partial charge < -0.3 is 15.3 Å². The largest absolute Gasteiger partial charge is 0.396 e. The van der Waals surface area contributed by atoms with Crippen LogP contribution in [-0.2, 0) is 6.42 Å². The zero-order valence-electron chi connectivity index (χ0n) is 12.5. The van der Waals surface area contributed by atoms with Crippen molar-refractivity contribution in [3.63, 3.8) is 0 Å². The van der Waals surface area contributed by atoms with Crippen LogP contribution in [0.3, 0.4) is 0 Å². The molecular formula is C18H21ClN2O. The van der Waals surface area contributed by atoms with Crippen molar-refractivity contribution in [3.8, 4) is 0 Å². The van der Waals surface area contributed by atoms with Gasteiger partial charge >= 0.3 is 0 Å². The summed E-state index contributed by atoms with van der Waals surface area (Å²) < 4.78 is 0. The summed E-state index contributed by atoms with van der Waals surface area (Å²) >= 11 is 6.00. The predicted molar refractivity (Wildman–Crippen MR) is 91.6 cm³/mol. The third-order valence-corrected chi connectivity index (χ3v) is 4.42. The van der Waals surface area contributed by atoms with Crippen molar-refractivity contribution in [1.29, 1.82) is 0 Å². The van der Waals surface area contributed by atoms with Crippen LogP contribution >= 0.6 is 11.6 Å². The Balaban J connectivity index is 1.84. The summed E-state index contributed by atoms with van der Waals surface area (Å²) in [5.41, 5.74) is 3.67. The van der Waals surface area contributed by atoms with Crippen molar-refractivity contribution in [2.45, 2.75) is 12.5 Å². The molecule has 3 nitrogen and oxygen atoms in total. The van der Waals surface area contributed by atoms with Gasteiger partial charge in [0, 0.05) is 37.0 Å². The third kappa shape index (κ3) is 3.43. The molecule has 1 saturated heterocycles. The molecule has 4 heteroatoms. The van der Waals surface area contributed by atoms with Crippen molar-refractivity contribution in [1.82, 2.24) is 5.32 Å². The van der Waals surface area contributed by atoms with Gasteiger partial charge in [-0.2, -0.15) is 0 Å². The Morgan fingerprint density at radius 1 is 1.09 bits per heavy atom. The van der Waals surface area contributed by atoms with E-state index >= 15 is 0 Å². The van der Waals surface area contributed by atoms with E-state index in [0.717, 1.165) is 24.7 Å². The van der Waals surface area contributed by atoms with Crippen LogP contribution in [0.15, 0.2) is 48.5 Å². The second-order valence-electron chi connectivity index (χ2n) is 5.60. The molecule has 2 aromatic carbocycles. The van der Waals surface area contributed by atoms with Gasteiger partial charge in [-0.05, 0) is 41.8 Å². The van der Waals surface area contributed by atoms with Crippen molar-refractivity contribution in [2.75, 3.05) is 31.1 Å². The summed E-state index contributed by atoms with van der Waals surface area (Å²) in [5.74, 6) is 0. The molecule has 0 amide bonds. The zero-order valence-corrected chi connectivity index (χ0v) is 13.3. The van der Waals surface area contributed by atoms with E-state index in [1.165, 1.54) is 16.8 Å². The number of nitrogens with one attached hydrogen (secondary N) is 1. The first-order valence-electron chi connectivity index (χ1n) is 7.70. The van der Waals surface area contributed by atoms with Crippen LogP contribution in [-0.4, -0.2) is 31.3 Å². The van der Waals surface area contributed by atoms with Gasteiger partial charge in [-0.3, -0.25) is 0 Å². The zero-order chi connectivity index (χ0) is 15.4. The molecule has 0 aliphatic carbocycles. The molecule has 22 heavy (non-hydrogen) atoms. The second kappa shape index (κ2) is 7.14. The fourth-order valence-corrected chi connectivity index (χ4v) is 3.11. The molecule has 1 atom stereocenters. The highest BCUT2D eigenvalue weighted by Crippen LogP contribution is 2.29. The monoisotopic (exact) mass is 316 g/mol. The molecule has 0 unspecified atom stereocenters. The Bertz CT molecular complexity index is 597. The number of rotatable bonds is 4. The molecule has 0 aromatic heterocycles. The Kier molecular flexibility index (Phi) is 4.98. The van der Waals surface area contributed by atoms with Gasteiger partial charge in [0.25, 0.3) is 0 Å². The molecule has 1 heterocycles. The quantitative estimate of drug-likeness (QED) is 0.910. The Labute approximate surface area is 136 Å². The maximum atomic E-state index is 9.02. The van der Waals surface area contributed by atoms with Gasteiger partial charge in [-0.25, -0.2) is 0 Å². The van der Waals surface area contributed by atoms with Crippen LogP contribution in [0.25, 0.3) is 0 Å². The highest BCUT2D eigenvalue weighted by molar-refractivity contribution is 6.30. The Hall–Kier alpha value is -1.55. The SMILES string of the molecule is OCCc1ccc(N2CCNC[C@H]2c2ccc(Cl)cc2)cc1. The fraction of sp³-hybridized carbons (Fsp3) is 0.333. The topological polar surface area (TPSA) is 35.5 Å². The number of hydrogen-bond donors (Lipinski definition) is 2. The van der Waals surface area contributed by atoms with Gasteiger partial charge in [0.1, 0.15) is 0 Å². The number of piperazine rings is 1. The van der Waals surface area contributed by atoms with Crippen molar-refractivity contribution < 1.29 is 5.11 Å². The highest BCUT2D eigenvalue weighted by Gasteiger charge is 2.23. The first-order valence-corrected chi connectivity index (χ1v) is 8.08. The van der Waals surface area contributed by atoms with E-state index in [1.807, 2.05) is 12.1 Å². The number of hydrogen-bond acceptors (Lipinski definition) is 3. The van der Waals surface area contributed by atoms with E-state index in [4.69, 9.17) is 16.7 Å². The third-order valence-electron chi connectivity index (χ3n) is 4.17. The van der Waals surface area contributed by atoms with Gasteiger partial charge in [0.15, 0.2) is 0 Å². The lowest BCUT2D eigenvalue weighted by Gasteiger charge is -2.38. The van der Waals surface area contributed by atoms with Crippen LogP contribution in [0.1, 0.15) is 17.2 Å². The van der Waals surface area contributed by atoms with Crippen LogP contribution in [0.4, 0.5) is 5.69 Å². The summed E-state index contributed by atoms with van der Waals surface area (Å²) in [4.78, 5) is 2.43. The molecule has 2 aromatic rings. The average molecular weight is 317 g/mol. The van der Waals surface area contributed by atoms with E-state index in [1.54, 1.807) is 0 Å². The number of aliphatic hydroxyl groups excluding tert-OH is 1. The molecule has 3 rings (SSSR count). The molecule has 0 saturated carbocycles. The molecule has 116 valence electrons. The standard InChI is InChI=1S/C18H21ClN2O/c19-16-5-3-15(4-6-16)18-13-20-10-11-21(18)17-7-1-14(2-8-17)9-12-22/h1-8,18,20,22H,9-13H2/t18-/m0/s1. The molecule has 2 N–H and O–H groups in total. The molecule has 1 aliphatic heterocycles. The lowest BCUT2D eigenvalue weighted by molar-refractivity contribution is 0.299. The Morgan fingerprint density at radius 3 is 2.50 bits per heavy atom. The van der Waals surface area contributed by atoms with Gasteiger partial charge in [0.05, 0.1) is 6.04 Å². The van der Waals surface area contributed by atoms with E-state index in [9.17, 15) is 0 Å². The molecular weight excluding hydrogens is 296 g/mol. The molecule has 0 radical (unpaired) electrons. The highest BCUT2D eigenvalue weighted by atomic mass is 35.5. The van der Waals surface area contributed by atoms with Crippen molar-refractivity contribution in [3.05, 3.63) is 64.7 Å². The van der Waals surface area contributed by atoms with E-state index < -0.39 is 0 Å². The average Bonchev–Trinajstić information content (AvgIpc) is 2.57. The fourth-order valence-electron chi connectivity index (χ4n) is 2.98. The minimum absolute atomic E-state index is 0.195. The van der Waals surface area contributed by atoms with Gasteiger partial charge in [-0.1, -0.05) is 35.9 Å². The summed E-state index contributed by atoms with van der Waals surface area (Å²) in [6.45, 7) is 3.09. The summed E-state index contributed by atoms with van der Waals surface area (Å²) in [5, 5.41) is 13.3. The minimum atomic E-state index is 0.195. The van der Waals surface area contributed by atoms with E-state index in [2.05, 4.69) is 46.6 Å². The first-order chi connectivity index (χ1) is 10.8. The lowest BCUT2D eigenvalue weighted by atomic mass is 10.0. The number of benzene rings is 2. The van der Waals surface area contributed by atoms with E-state index in [-0.39, 0.29) is 6.61 Å². The van der Waals surface area contributed by atoms with Crippen molar-refractivity contribution >= 4 is 17.3 Å².